The van der Waals surface area contributed by atoms with E-state index in [-0.39, 0.29) is 12.3 Å². The summed E-state index contributed by atoms with van der Waals surface area (Å²) in [6, 6.07) is 7.47. The first kappa shape index (κ1) is 11.1. The van der Waals surface area contributed by atoms with Gasteiger partial charge in [0, 0.05) is 6.42 Å². The van der Waals surface area contributed by atoms with Gasteiger partial charge in [0.25, 0.3) is 0 Å². The highest BCUT2D eigenvalue weighted by atomic mass is 19.1. The van der Waals surface area contributed by atoms with E-state index < -0.39 is 12.1 Å². The molecule has 2 rings (SSSR count). The third kappa shape index (κ3) is 2.23. The van der Waals surface area contributed by atoms with Crippen LogP contribution in [0, 0.1) is 0 Å². The molecule has 0 aromatic heterocycles. The van der Waals surface area contributed by atoms with E-state index in [1.54, 1.807) is 0 Å². The lowest BCUT2D eigenvalue weighted by molar-refractivity contribution is -0.137. The number of carboxylic acid groups (broad SMARTS) is 1. The van der Waals surface area contributed by atoms with Crippen molar-refractivity contribution in [2.45, 2.75) is 37.8 Å². The molecule has 0 fully saturated rings. The number of fused-ring (bicyclic) bond motifs is 1. The molecule has 86 valence electrons. The van der Waals surface area contributed by atoms with E-state index in [0.717, 1.165) is 17.5 Å². The van der Waals surface area contributed by atoms with Crippen molar-refractivity contribution in [2.75, 3.05) is 0 Å². The van der Waals surface area contributed by atoms with Crippen molar-refractivity contribution in [3.63, 3.8) is 0 Å². The Morgan fingerprint density at radius 2 is 2.00 bits per heavy atom. The van der Waals surface area contributed by atoms with Crippen molar-refractivity contribution in [3.8, 4) is 0 Å². The van der Waals surface area contributed by atoms with Gasteiger partial charge >= 0.3 is 5.97 Å². The van der Waals surface area contributed by atoms with E-state index in [9.17, 15) is 9.18 Å². The highest BCUT2D eigenvalue weighted by Gasteiger charge is 2.26. The molecule has 0 spiro atoms. The predicted octanol–water partition coefficient (Wildman–Crippen LogP) is 3.44. The van der Waals surface area contributed by atoms with Crippen LogP contribution in [-0.4, -0.2) is 11.1 Å². The third-order valence-electron chi connectivity index (χ3n) is 3.25. The maximum atomic E-state index is 13.6. The second-order valence-corrected chi connectivity index (χ2v) is 4.30. The summed E-state index contributed by atoms with van der Waals surface area (Å²) in [5, 5.41) is 8.67. The molecule has 1 aliphatic carbocycles. The molecule has 0 radical (unpaired) electrons. The molecule has 3 heteroatoms. The van der Waals surface area contributed by atoms with Crippen LogP contribution in [0.4, 0.5) is 4.39 Å². The van der Waals surface area contributed by atoms with Crippen LogP contribution in [-0.2, 0) is 4.79 Å². The fourth-order valence-electron chi connectivity index (χ4n) is 2.42. The fourth-order valence-corrected chi connectivity index (χ4v) is 2.42. The van der Waals surface area contributed by atoms with Crippen LogP contribution in [0.5, 0.6) is 0 Å². The minimum Gasteiger partial charge on any atom is -0.481 e. The van der Waals surface area contributed by atoms with Crippen LogP contribution in [0.25, 0.3) is 0 Å². The van der Waals surface area contributed by atoms with Crippen LogP contribution in [0.2, 0.25) is 0 Å². The minimum absolute atomic E-state index is 0.163. The first-order valence-electron chi connectivity index (χ1n) is 5.63. The molecule has 0 amide bonds. The van der Waals surface area contributed by atoms with Crippen molar-refractivity contribution in [3.05, 3.63) is 35.4 Å². The monoisotopic (exact) mass is 222 g/mol. The van der Waals surface area contributed by atoms with Crippen LogP contribution in [0.15, 0.2) is 24.3 Å². The molecular weight excluding hydrogens is 207 g/mol. The predicted molar refractivity (Wildman–Crippen MR) is 59.1 cm³/mol. The number of carbonyl (C=O) groups is 1. The average Bonchev–Trinajstić information content (AvgIpc) is 2.28. The normalized spacial score (nSPS) is 23.8. The number of aliphatic carboxylic acids is 1. The van der Waals surface area contributed by atoms with Crippen molar-refractivity contribution in [2.24, 2.45) is 0 Å². The van der Waals surface area contributed by atoms with Crippen LogP contribution >= 0.6 is 0 Å². The van der Waals surface area contributed by atoms with Crippen LogP contribution in [0.1, 0.15) is 48.9 Å². The highest BCUT2D eigenvalue weighted by molar-refractivity contribution is 5.66. The summed E-state index contributed by atoms with van der Waals surface area (Å²) in [5.41, 5.74) is 1.76. The molecule has 1 N–H and O–H groups in total. The topological polar surface area (TPSA) is 37.3 Å². The lowest BCUT2D eigenvalue weighted by atomic mass is 9.79. The number of halogens is 1. The van der Waals surface area contributed by atoms with Gasteiger partial charge in [0.2, 0.25) is 0 Å². The van der Waals surface area contributed by atoms with E-state index in [0.29, 0.717) is 12.8 Å². The van der Waals surface area contributed by atoms with E-state index >= 15 is 0 Å². The zero-order chi connectivity index (χ0) is 11.5. The zero-order valence-corrected chi connectivity index (χ0v) is 9.03. The number of benzene rings is 1. The standard InChI is InChI=1S/C13H15FO2/c14-12-7-5-9(6-8-13(15)16)10-3-1-2-4-11(10)12/h1-4,9,12H,5-8H2,(H,15,16)/t9-,12+/m1/s1. The van der Waals surface area contributed by atoms with E-state index in [1.807, 2.05) is 24.3 Å². The summed E-state index contributed by atoms with van der Waals surface area (Å²) in [6.07, 6.45) is 1.17. The number of alkyl halides is 1. The second kappa shape index (κ2) is 4.64. The Labute approximate surface area is 94.1 Å². The molecule has 1 aliphatic rings. The average molecular weight is 222 g/mol. The Hall–Kier alpha value is -1.38. The van der Waals surface area contributed by atoms with Gasteiger partial charge in [0.1, 0.15) is 6.17 Å². The van der Waals surface area contributed by atoms with Gasteiger partial charge in [-0.05, 0) is 36.3 Å². The van der Waals surface area contributed by atoms with Gasteiger partial charge in [-0.25, -0.2) is 4.39 Å². The molecule has 16 heavy (non-hydrogen) atoms. The molecule has 1 aromatic rings. The van der Waals surface area contributed by atoms with Crippen molar-refractivity contribution < 1.29 is 14.3 Å². The highest BCUT2D eigenvalue weighted by Crippen LogP contribution is 2.41. The molecule has 0 bridgehead atoms. The summed E-state index contributed by atoms with van der Waals surface area (Å²) < 4.78 is 13.6. The van der Waals surface area contributed by atoms with Crippen molar-refractivity contribution >= 4 is 5.97 Å². The summed E-state index contributed by atoms with van der Waals surface area (Å²) in [5.74, 6) is -0.570. The van der Waals surface area contributed by atoms with Gasteiger partial charge in [-0.3, -0.25) is 4.79 Å². The minimum atomic E-state index is -0.878. The van der Waals surface area contributed by atoms with E-state index in [4.69, 9.17) is 5.11 Å². The number of rotatable bonds is 3. The third-order valence-corrected chi connectivity index (χ3v) is 3.25. The Kier molecular flexibility index (Phi) is 3.22. The number of carboxylic acids is 1. The summed E-state index contributed by atoms with van der Waals surface area (Å²) in [7, 11) is 0. The SMILES string of the molecule is O=C(O)CC[C@H]1CC[C@H](F)c2ccccc21. The molecule has 0 unspecified atom stereocenters. The Balaban J connectivity index is 2.18. The largest absolute Gasteiger partial charge is 0.481 e. The second-order valence-electron chi connectivity index (χ2n) is 4.30. The lowest BCUT2D eigenvalue weighted by Crippen LogP contribution is -2.13. The summed E-state index contributed by atoms with van der Waals surface area (Å²) >= 11 is 0. The molecule has 1 aromatic carbocycles. The van der Waals surface area contributed by atoms with Crippen LogP contribution in [0.3, 0.4) is 0 Å². The van der Waals surface area contributed by atoms with E-state index in [2.05, 4.69) is 0 Å². The Bertz CT molecular complexity index is 389. The van der Waals surface area contributed by atoms with Gasteiger partial charge in [-0.2, -0.15) is 0 Å². The fraction of sp³-hybridized carbons (Fsp3) is 0.462. The Morgan fingerprint density at radius 1 is 1.31 bits per heavy atom. The van der Waals surface area contributed by atoms with Gasteiger partial charge in [-0.1, -0.05) is 24.3 Å². The summed E-state index contributed by atoms with van der Waals surface area (Å²) in [6.45, 7) is 0. The molecule has 2 nitrogen and oxygen atoms in total. The molecule has 0 aliphatic heterocycles. The molecular formula is C13H15FO2. The molecule has 0 saturated carbocycles. The quantitative estimate of drug-likeness (QED) is 0.850. The number of hydrogen-bond donors (Lipinski definition) is 1. The smallest absolute Gasteiger partial charge is 0.303 e. The van der Waals surface area contributed by atoms with Crippen molar-refractivity contribution in [1.82, 2.24) is 0 Å². The molecule has 2 atom stereocenters. The number of hydrogen-bond acceptors (Lipinski definition) is 1. The Morgan fingerprint density at radius 3 is 2.69 bits per heavy atom. The molecule has 0 saturated heterocycles. The zero-order valence-electron chi connectivity index (χ0n) is 9.03. The summed E-state index contributed by atoms with van der Waals surface area (Å²) in [4.78, 5) is 10.5. The van der Waals surface area contributed by atoms with Gasteiger partial charge in [0.15, 0.2) is 0 Å². The molecule has 0 heterocycles. The van der Waals surface area contributed by atoms with Gasteiger partial charge in [-0.15, -0.1) is 0 Å². The lowest BCUT2D eigenvalue weighted by Gasteiger charge is -2.27. The first-order valence-corrected chi connectivity index (χ1v) is 5.63. The maximum Gasteiger partial charge on any atom is 0.303 e. The van der Waals surface area contributed by atoms with Crippen molar-refractivity contribution in [1.29, 1.82) is 0 Å². The van der Waals surface area contributed by atoms with Gasteiger partial charge < -0.3 is 5.11 Å². The van der Waals surface area contributed by atoms with Crippen LogP contribution < -0.4 is 0 Å². The maximum absolute atomic E-state index is 13.6. The van der Waals surface area contributed by atoms with E-state index in [1.165, 1.54) is 0 Å². The first-order chi connectivity index (χ1) is 7.68. The van der Waals surface area contributed by atoms with Gasteiger partial charge in [0.05, 0.1) is 0 Å².